The van der Waals surface area contributed by atoms with Gasteiger partial charge in [0.2, 0.25) is 0 Å². The topological polar surface area (TPSA) is 105 Å². The predicted octanol–water partition coefficient (Wildman–Crippen LogP) is 11.5. The number of carboxylic acids is 1. The first kappa shape index (κ1) is 51.9. The zero-order valence-electron chi connectivity index (χ0n) is 35.3. The standard InChI is InChI=1S/C20H24F6N4.C19H22F6N4S.C2H4O2/c1-2-3-8-30-16(12-17(28-30)20(24,25)26)11-14-6-9-29(10-7-14)18-5-4-15(13-27-18)19(21,22)23;1-2-3-8-29-17(11-15(27-29)19(23,24)25)30-14-6-9-28(10-7-14)16-5-4-13(12-26-16)18(20,21)22;1-2(3)4/h4-5,12-14H,2-3,6-11H2,1H3;4-5,11-12,14H,2-3,6-10H2,1H3;1H3,(H,3,4). The van der Waals surface area contributed by atoms with Crippen molar-refractivity contribution in [2.24, 2.45) is 5.92 Å². The van der Waals surface area contributed by atoms with Crippen LogP contribution in [0.4, 0.5) is 64.3 Å². The van der Waals surface area contributed by atoms with E-state index in [4.69, 9.17) is 9.90 Å². The number of unbranched alkanes of at least 4 members (excludes halogenated alkanes) is 2. The maximum absolute atomic E-state index is 13.1. The lowest BCUT2D eigenvalue weighted by Crippen LogP contribution is -2.35. The number of rotatable bonds is 12. The van der Waals surface area contributed by atoms with Gasteiger partial charge in [-0.2, -0.15) is 62.9 Å². The highest BCUT2D eigenvalue weighted by atomic mass is 32.2. The highest BCUT2D eigenvalue weighted by Crippen LogP contribution is 2.37. The van der Waals surface area contributed by atoms with Gasteiger partial charge in [-0.15, -0.1) is 11.8 Å². The van der Waals surface area contributed by atoms with Crippen LogP contribution < -0.4 is 9.80 Å². The molecule has 0 radical (unpaired) electrons. The Morgan fingerprint density at radius 2 is 1.08 bits per heavy atom. The summed E-state index contributed by atoms with van der Waals surface area (Å²) in [6.07, 6.45) is -9.62. The van der Waals surface area contributed by atoms with Crippen LogP contribution in [0.1, 0.15) is 100 Å². The Bertz CT molecular complexity index is 1890. The summed E-state index contributed by atoms with van der Waals surface area (Å²) in [6.45, 7) is 8.25. The van der Waals surface area contributed by atoms with Gasteiger partial charge in [0.05, 0.1) is 16.2 Å². The van der Waals surface area contributed by atoms with Crippen molar-refractivity contribution in [1.29, 1.82) is 0 Å². The van der Waals surface area contributed by atoms with Crippen LogP contribution in [-0.4, -0.2) is 72.0 Å². The molecule has 0 bridgehead atoms. The lowest BCUT2D eigenvalue weighted by Gasteiger charge is -2.33. The number of aryl methyl sites for hydroxylation is 2. The van der Waals surface area contributed by atoms with Gasteiger partial charge in [-0.1, -0.05) is 26.7 Å². The van der Waals surface area contributed by atoms with E-state index in [2.05, 4.69) is 20.2 Å². The third-order valence-corrected chi connectivity index (χ3v) is 11.6. The van der Waals surface area contributed by atoms with Gasteiger partial charge in [-0.25, -0.2) is 9.97 Å². The average Bonchev–Trinajstić information content (AvgIpc) is 3.83. The van der Waals surface area contributed by atoms with Gasteiger partial charge in [-0.3, -0.25) is 14.2 Å². The van der Waals surface area contributed by atoms with Crippen LogP contribution in [0, 0.1) is 5.92 Å². The summed E-state index contributed by atoms with van der Waals surface area (Å²) in [7, 11) is 0. The first-order valence-electron chi connectivity index (χ1n) is 20.6. The number of pyridine rings is 2. The number of carbonyl (C=O) groups is 1. The van der Waals surface area contributed by atoms with Crippen molar-refractivity contribution < 1.29 is 62.6 Å². The Morgan fingerprint density at radius 1 is 0.656 bits per heavy atom. The molecule has 0 saturated carbocycles. The smallest absolute Gasteiger partial charge is 0.435 e. The maximum Gasteiger partial charge on any atom is 0.435 e. The van der Waals surface area contributed by atoms with Gasteiger partial charge >= 0.3 is 24.7 Å². The molecule has 4 aromatic rings. The number of hydrogen-bond acceptors (Lipinski definition) is 8. The van der Waals surface area contributed by atoms with Crippen molar-refractivity contribution >= 4 is 29.4 Å². The summed E-state index contributed by atoms with van der Waals surface area (Å²) in [5, 5.41) is 15.5. The van der Waals surface area contributed by atoms with E-state index in [1.807, 2.05) is 23.6 Å². The maximum atomic E-state index is 13.1. The Balaban J connectivity index is 0.000000259. The quantitative estimate of drug-likeness (QED) is 0.139. The first-order valence-corrected chi connectivity index (χ1v) is 21.5. The summed E-state index contributed by atoms with van der Waals surface area (Å²) in [5.74, 6) is 0.307. The molecule has 23 heteroatoms. The number of aliphatic carboxylic acids is 1. The second-order valence-corrected chi connectivity index (χ2v) is 16.6. The number of anilines is 2. The number of nitrogens with zero attached hydrogens (tertiary/aromatic N) is 8. The van der Waals surface area contributed by atoms with Crippen LogP contribution in [-0.2, 0) is 49.0 Å². The van der Waals surface area contributed by atoms with Gasteiger partial charge in [0.15, 0.2) is 11.4 Å². The van der Waals surface area contributed by atoms with Crippen molar-refractivity contribution in [2.45, 2.75) is 127 Å². The molecule has 2 fully saturated rings. The van der Waals surface area contributed by atoms with E-state index in [0.717, 1.165) is 82.1 Å². The molecule has 0 amide bonds. The Labute approximate surface area is 366 Å². The second kappa shape index (κ2) is 22.5. The molecular formula is C41H50F12N8O2S. The van der Waals surface area contributed by atoms with Crippen LogP contribution in [0.25, 0.3) is 0 Å². The third kappa shape index (κ3) is 15.8. The normalized spacial score (nSPS) is 15.7. The van der Waals surface area contributed by atoms with E-state index in [0.29, 0.717) is 80.9 Å². The lowest BCUT2D eigenvalue weighted by molar-refractivity contribution is -0.142. The van der Waals surface area contributed by atoms with Crippen LogP contribution in [0.5, 0.6) is 0 Å². The number of alkyl halides is 12. The molecule has 0 spiro atoms. The van der Waals surface area contributed by atoms with Crippen molar-refractivity contribution in [3.63, 3.8) is 0 Å². The van der Waals surface area contributed by atoms with E-state index in [-0.39, 0.29) is 11.2 Å². The third-order valence-electron chi connectivity index (χ3n) is 10.3. The summed E-state index contributed by atoms with van der Waals surface area (Å²) in [4.78, 5) is 20.6. The lowest BCUT2D eigenvalue weighted by atomic mass is 9.92. The van der Waals surface area contributed by atoms with E-state index < -0.39 is 53.2 Å². The average molecular weight is 947 g/mol. The van der Waals surface area contributed by atoms with E-state index >= 15 is 0 Å². The molecule has 2 saturated heterocycles. The van der Waals surface area contributed by atoms with Gasteiger partial charge in [-0.05, 0) is 81.2 Å². The highest BCUT2D eigenvalue weighted by Gasteiger charge is 2.37. The molecule has 4 aromatic heterocycles. The largest absolute Gasteiger partial charge is 0.481 e. The molecule has 2 aliphatic heterocycles. The van der Waals surface area contributed by atoms with Gasteiger partial charge in [0.1, 0.15) is 11.6 Å². The molecule has 6 rings (SSSR count). The van der Waals surface area contributed by atoms with Crippen molar-refractivity contribution in [3.8, 4) is 0 Å². The van der Waals surface area contributed by atoms with Crippen molar-refractivity contribution in [1.82, 2.24) is 29.5 Å². The van der Waals surface area contributed by atoms with Gasteiger partial charge in [0.25, 0.3) is 5.97 Å². The molecule has 356 valence electrons. The minimum absolute atomic E-state index is 0.105. The molecule has 0 aliphatic carbocycles. The zero-order valence-corrected chi connectivity index (χ0v) is 36.1. The number of halogens is 12. The molecule has 0 atom stereocenters. The minimum Gasteiger partial charge on any atom is -0.481 e. The van der Waals surface area contributed by atoms with Crippen molar-refractivity contribution in [2.75, 3.05) is 36.0 Å². The Hall–Kier alpha value is -4.70. The number of hydrogen-bond donors (Lipinski definition) is 1. The molecule has 64 heavy (non-hydrogen) atoms. The van der Waals surface area contributed by atoms with E-state index in [9.17, 15) is 52.7 Å². The summed E-state index contributed by atoms with van der Waals surface area (Å²) in [5.41, 5.74) is -2.74. The summed E-state index contributed by atoms with van der Waals surface area (Å²) < 4.78 is 157. The monoisotopic (exact) mass is 946 g/mol. The second-order valence-electron chi connectivity index (χ2n) is 15.3. The molecule has 0 unspecified atom stereocenters. The fraction of sp³-hybridized carbons (Fsp3) is 0.585. The summed E-state index contributed by atoms with van der Waals surface area (Å²) >= 11 is 1.39. The van der Waals surface area contributed by atoms with Gasteiger partial charge in [0, 0.05) is 75.6 Å². The molecule has 10 nitrogen and oxygen atoms in total. The highest BCUT2D eigenvalue weighted by molar-refractivity contribution is 7.99. The predicted molar refractivity (Wildman–Crippen MR) is 216 cm³/mol. The molecule has 6 heterocycles. The summed E-state index contributed by atoms with van der Waals surface area (Å²) in [6, 6.07) is 6.97. The van der Waals surface area contributed by atoms with E-state index in [1.54, 1.807) is 0 Å². The fourth-order valence-electron chi connectivity index (χ4n) is 6.88. The minimum atomic E-state index is -4.48. The van der Waals surface area contributed by atoms with Crippen LogP contribution in [0.2, 0.25) is 0 Å². The Morgan fingerprint density at radius 3 is 1.48 bits per heavy atom. The van der Waals surface area contributed by atoms with Crippen LogP contribution >= 0.6 is 11.8 Å². The number of piperidine rings is 2. The molecular weight excluding hydrogens is 897 g/mol. The van der Waals surface area contributed by atoms with Crippen molar-refractivity contribution in [3.05, 3.63) is 77.0 Å². The number of carboxylic acid groups (broad SMARTS) is 1. The van der Waals surface area contributed by atoms with Gasteiger partial charge < -0.3 is 14.9 Å². The fourth-order valence-corrected chi connectivity index (χ4v) is 8.10. The van der Waals surface area contributed by atoms with E-state index in [1.165, 1.54) is 33.3 Å². The Kier molecular flexibility index (Phi) is 18.2. The SMILES string of the molecule is CC(=O)O.CCCCn1nc(C(F)(F)F)cc1CC1CCN(c2ccc(C(F)(F)F)cn2)CC1.CCCCn1nc(C(F)(F)F)cc1SC1CCN(c2ccc(C(F)(F)F)cn2)CC1. The molecule has 0 aromatic carbocycles. The first-order chi connectivity index (χ1) is 29.9. The molecule has 1 N–H and O–H groups in total. The number of thioether (sulfide) groups is 1. The van der Waals surface area contributed by atoms with Crippen LogP contribution in [0.15, 0.2) is 53.8 Å². The zero-order chi connectivity index (χ0) is 47.5. The van der Waals surface area contributed by atoms with Crippen LogP contribution in [0.3, 0.4) is 0 Å². The number of aromatic nitrogens is 6. The molecule has 2 aliphatic rings.